The number of fused-ring (bicyclic) bond motifs is 1. The molecule has 0 saturated heterocycles. The smallest absolute Gasteiger partial charge is 0.218 e. The van der Waals surface area contributed by atoms with Crippen LogP contribution in [0.4, 0.5) is 0 Å². The first kappa shape index (κ1) is 6.60. The van der Waals surface area contributed by atoms with E-state index in [4.69, 9.17) is 17.0 Å². The van der Waals surface area contributed by atoms with Gasteiger partial charge >= 0.3 is 0 Å². The molecule has 6 heteroatoms. The van der Waals surface area contributed by atoms with Crippen molar-refractivity contribution in [1.29, 1.82) is 5.41 Å². The number of hydrogen-bond donors (Lipinski definition) is 3. The summed E-state index contributed by atoms with van der Waals surface area (Å²) in [5, 5.41) is 13.2. The van der Waals surface area contributed by atoms with Crippen LogP contribution in [0.5, 0.6) is 0 Å². The standard InChI is InChI=1S/C5H6ClN5/c6-3-2-4(9-1-8-2)11-5(7)10-3/h1-2,4H,(H2,7,11)(H,8,9). The van der Waals surface area contributed by atoms with Crippen molar-refractivity contribution in [3.05, 3.63) is 0 Å². The molecule has 0 bridgehead atoms. The number of nitrogens with zero attached hydrogens (tertiary/aromatic N) is 2. The van der Waals surface area contributed by atoms with E-state index < -0.39 is 0 Å². The molecular weight excluding hydrogens is 166 g/mol. The van der Waals surface area contributed by atoms with E-state index in [9.17, 15) is 0 Å². The van der Waals surface area contributed by atoms with Crippen molar-refractivity contribution in [2.75, 3.05) is 0 Å². The molecule has 11 heavy (non-hydrogen) atoms. The van der Waals surface area contributed by atoms with Gasteiger partial charge in [-0.15, -0.1) is 0 Å². The SMILES string of the molecule is N=C1N=C(Cl)C2NC=NC2N1. The van der Waals surface area contributed by atoms with Gasteiger partial charge in [-0.05, 0) is 0 Å². The second kappa shape index (κ2) is 2.20. The summed E-state index contributed by atoms with van der Waals surface area (Å²) in [4.78, 5) is 7.74. The van der Waals surface area contributed by atoms with Gasteiger partial charge in [-0.25, -0.2) is 9.98 Å². The van der Waals surface area contributed by atoms with E-state index in [1.165, 1.54) is 0 Å². The molecule has 5 nitrogen and oxygen atoms in total. The largest absolute Gasteiger partial charge is 0.364 e. The fourth-order valence-electron chi connectivity index (χ4n) is 1.05. The lowest BCUT2D eigenvalue weighted by Crippen LogP contribution is -2.50. The maximum Gasteiger partial charge on any atom is 0.218 e. The zero-order chi connectivity index (χ0) is 7.84. The molecule has 0 aromatic rings. The fraction of sp³-hybridized carbons (Fsp3) is 0.400. The number of nitrogens with one attached hydrogen (secondary N) is 3. The fourth-order valence-corrected chi connectivity index (χ4v) is 1.32. The Balaban J connectivity index is 2.29. The molecular formula is C5H6ClN5. The first-order valence-corrected chi connectivity index (χ1v) is 3.52. The van der Waals surface area contributed by atoms with Crippen molar-refractivity contribution in [2.24, 2.45) is 9.98 Å². The van der Waals surface area contributed by atoms with Gasteiger partial charge in [-0.1, -0.05) is 11.6 Å². The summed E-state index contributed by atoms with van der Waals surface area (Å²) < 4.78 is 0. The summed E-state index contributed by atoms with van der Waals surface area (Å²) in [6.07, 6.45) is 1.41. The van der Waals surface area contributed by atoms with Crippen LogP contribution < -0.4 is 10.6 Å². The first-order chi connectivity index (χ1) is 5.27. The Morgan fingerprint density at radius 2 is 2.45 bits per heavy atom. The molecule has 2 rings (SSSR count). The second-order valence-electron chi connectivity index (χ2n) is 2.29. The molecule has 2 aliphatic rings. The Kier molecular flexibility index (Phi) is 1.32. The molecule has 0 saturated carbocycles. The Morgan fingerprint density at radius 1 is 1.64 bits per heavy atom. The molecule has 3 N–H and O–H groups in total. The van der Waals surface area contributed by atoms with Crippen LogP contribution in [-0.4, -0.2) is 29.7 Å². The van der Waals surface area contributed by atoms with Crippen LogP contribution in [0.1, 0.15) is 0 Å². The Morgan fingerprint density at radius 3 is 3.27 bits per heavy atom. The highest BCUT2D eigenvalue weighted by molar-refractivity contribution is 6.67. The molecule has 0 amide bonds. The minimum Gasteiger partial charge on any atom is -0.364 e. The van der Waals surface area contributed by atoms with Gasteiger partial charge in [0.05, 0.1) is 6.34 Å². The lowest BCUT2D eigenvalue weighted by molar-refractivity contribution is 0.585. The van der Waals surface area contributed by atoms with Crippen LogP contribution in [0.2, 0.25) is 0 Å². The van der Waals surface area contributed by atoms with Crippen LogP contribution in [0.25, 0.3) is 0 Å². The highest BCUT2D eigenvalue weighted by Gasteiger charge is 2.31. The van der Waals surface area contributed by atoms with Crippen molar-refractivity contribution in [3.63, 3.8) is 0 Å². The summed E-state index contributed by atoms with van der Waals surface area (Å²) >= 11 is 5.74. The molecule has 0 radical (unpaired) electrons. The van der Waals surface area contributed by atoms with Crippen molar-refractivity contribution >= 4 is 29.1 Å². The molecule has 2 heterocycles. The Bertz CT molecular complexity index is 258. The molecule has 0 aliphatic carbocycles. The van der Waals surface area contributed by atoms with Gasteiger partial charge in [-0.3, -0.25) is 5.41 Å². The monoisotopic (exact) mass is 171 g/mol. The van der Waals surface area contributed by atoms with E-state index in [0.717, 1.165) is 0 Å². The minimum absolute atomic E-state index is 0.0668. The number of halogens is 1. The quantitative estimate of drug-likeness (QED) is 0.459. The van der Waals surface area contributed by atoms with Crippen molar-refractivity contribution in [3.8, 4) is 0 Å². The summed E-state index contributed by atoms with van der Waals surface area (Å²) in [6.45, 7) is 0. The van der Waals surface area contributed by atoms with Crippen LogP contribution in [-0.2, 0) is 0 Å². The zero-order valence-corrected chi connectivity index (χ0v) is 6.26. The Hall–Kier alpha value is -1.10. The molecule has 2 unspecified atom stereocenters. The van der Waals surface area contributed by atoms with E-state index in [0.29, 0.717) is 5.17 Å². The molecule has 0 aromatic heterocycles. The van der Waals surface area contributed by atoms with Gasteiger partial charge in [0.1, 0.15) is 17.4 Å². The molecule has 0 aromatic carbocycles. The average Bonchev–Trinajstić information content (AvgIpc) is 2.34. The zero-order valence-electron chi connectivity index (χ0n) is 5.50. The second-order valence-corrected chi connectivity index (χ2v) is 2.68. The van der Waals surface area contributed by atoms with Gasteiger partial charge in [-0.2, -0.15) is 0 Å². The van der Waals surface area contributed by atoms with Gasteiger partial charge in [0.25, 0.3) is 0 Å². The third kappa shape index (κ3) is 0.970. The molecule has 0 spiro atoms. The lowest BCUT2D eigenvalue weighted by atomic mass is 10.2. The van der Waals surface area contributed by atoms with E-state index >= 15 is 0 Å². The van der Waals surface area contributed by atoms with E-state index in [1.807, 2.05) is 0 Å². The molecule has 0 fully saturated rings. The number of aliphatic imine (C=N–C) groups is 2. The van der Waals surface area contributed by atoms with Crippen molar-refractivity contribution in [1.82, 2.24) is 10.6 Å². The van der Waals surface area contributed by atoms with Crippen LogP contribution in [0.3, 0.4) is 0 Å². The molecule has 2 aliphatic heterocycles. The molecule has 2 atom stereocenters. The van der Waals surface area contributed by atoms with Gasteiger partial charge in [0.2, 0.25) is 5.96 Å². The first-order valence-electron chi connectivity index (χ1n) is 3.14. The van der Waals surface area contributed by atoms with Gasteiger partial charge in [0, 0.05) is 0 Å². The predicted octanol–water partition coefficient (Wildman–Crippen LogP) is -0.512. The number of rotatable bonds is 0. The van der Waals surface area contributed by atoms with Crippen LogP contribution in [0, 0.1) is 5.41 Å². The highest BCUT2D eigenvalue weighted by atomic mass is 35.5. The lowest BCUT2D eigenvalue weighted by Gasteiger charge is -2.22. The normalized spacial score (nSPS) is 33.9. The summed E-state index contributed by atoms with van der Waals surface area (Å²) in [5.74, 6) is 0.0668. The van der Waals surface area contributed by atoms with Crippen molar-refractivity contribution < 1.29 is 0 Å². The number of guanidine groups is 1. The highest BCUT2D eigenvalue weighted by Crippen LogP contribution is 2.10. The minimum atomic E-state index is -0.160. The number of hydrogen-bond acceptors (Lipinski definition) is 3. The topological polar surface area (TPSA) is 72.6 Å². The summed E-state index contributed by atoms with van der Waals surface area (Å²) in [5.41, 5.74) is 0. The van der Waals surface area contributed by atoms with E-state index in [1.54, 1.807) is 6.34 Å². The van der Waals surface area contributed by atoms with Crippen LogP contribution in [0.15, 0.2) is 9.98 Å². The van der Waals surface area contributed by atoms with Crippen LogP contribution >= 0.6 is 11.6 Å². The van der Waals surface area contributed by atoms with Crippen molar-refractivity contribution in [2.45, 2.75) is 12.2 Å². The molecule has 58 valence electrons. The maximum absolute atomic E-state index is 7.19. The average molecular weight is 172 g/mol. The maximum atomic E-state index is 7.19. The summed E-state index contributed by atoms with van der Waals surface area (Å²) in [7, 11) is 0. The third-order valence-corrected chi connectivity index (χ3v) is 1.88. The van der Waals surface area contributed by atoms with Gasteiger partial charge < -0.3 is 10.6 Å². The van der Waals surface area contributed by atoms with E-state index in [-0.39, 0.29) is 18.2 Å². The Labute approximate surface area is 68.1 Å². The predicted molar refractivity (Wildman–Crippen MR) is 43.4 cm³/mol. The third-order valence-electron chi connectivity index (χ3n) is 1.56. The van der Waals surface area contributed by atoms with Gasteiger partial charge in [0.15, 0.2) is 0 Å². The van der Waals surface area contributed by atoms with E-state index in [2.05, 4.69) is 20.6 Å². The summed E-state index contributed by atoms with van der Waals surface area (Å²) in [6, 6.07) is -0.0919.